The number of hydrogen-bond donors (Lipinski definition) is 2. The molecule has 1 amide bonds. The van der Waals surface area contributed by atoms with E-state index in [1.165, 1.54) is 0 Å². The second-order valence-electron chi connectivity index (χ2n) is 5.83. The van der Waals surface area contributed by atoms with Crippen LogP contribution in [0.25, 0.3) is 0 Å². The molecule has 140 valence electrons. The Morgan fingerprint density at radius 3 is 2.11 bits per heavy atom. The molecular weight excluding hydrogens is 350 g/mol. The molecule has 2 N–H and O–H groups in total. The SMILES string of the molecule is CC(=O)OCC(=O)N[C@@H](Cc1ccc(C(=O)c2ccccc2)cc1)C(=O)O. The van der Waals surface area contributed by atoms with Gasteiger partial charge >= 0.3 is 11.9 Å². The predicted molar refractivity (Wildman–Crippen MR) is 96.2 cm³/mol. The normalized spacial score (nSPS) is 11.3. The number of carbonyl (C=O) groups is 4. The third-order valence-electron chi connectivity index (χ3n) is 3.73. The molecule has 0 heterocycles. The molecule has 7 heteroatoms. The number of esters is 1. The Bertz CT molecular complexity index is 829. The van der Waals surface area contributed by atoms with E-state index in [0.29, 0.717) is 16.7 Å². The molecule has 0 aliphatic heterocycles. The molecule has 0 bridgehead atoms. The van der Waals surface area contributed by atoms with Gasteiger partial charge in [-0.05, 0) is 5.56 Å². The Kier molecular flexibility index (Phi) is 6.82. The van der Waals surface area contributed by atoms with Gasteiger partial charge in [0.15, 0.2) is 12.4 Å². The van der Waals surface area contributed by atoms with Gasteiger partial charge < -0.3 is 15.2 Å². The minimum absolute atomic E-state index is 0.0287. The van der Waals surface area contributed by atoms with E-state index in [0.717, 1.165) is 6.92 Å². The number of hydrogen-bond acceptors (Lipinski definition) is 5. The van der Waals surface area contributed by atoms with E-state index in [4.69, 9.17) is 0 Å². The predicted octanol–water partition coefficient (Wildman–Crippen LogP) is 1.59. The highest BCUT2D eigenvalue weighted by Crippen LogP contribution is 2.12. The Morgan fingerprint density at radius 1 is 0.963 bits per heavy atom. The number of ketones is 1. The summed E-state index contributed by atoms with van der Waals surface area (Å²) in [6.45, 7) is 0.615. The molecule has 2 aromatic rings. The van der Waals surface area contributed by atoms with Crippen LogP contribution in [0.1, 0.15) is 28.4 Å². The van der Waals surface area contributed by atoms with Crippen LogP contribution < -0.4 is 5.32 Å². The average molecular weight is 369 g/mol. The van der Waals surface area contributed by atoms with E-state index in [1.54, 1.807) is 48.5 Å². The Balaban J connectivity index is 2.02. The van der Waals surface area contributed by atoms with Gasteiger partial charge in [-0.15, -0.1) is 0 Å². The first-order chi connectivity index (χ1) is 12.9. The van der Waals surface area contributed by atoms with Gasteiger partial charge in [-0.25, -0.2) is 4.79 Å². The number of rotatable bonds is 8. The fourth-order valence-corrected chi connectivity index (χ4v) is 2.39. The van der Waals surface area contributed by atoms with E-state index in [-0.39, 0.29) is 12.2 Å². The number of ether oxygens (including phenoxy) is 1. The zero-order valence-corrected chi connectivity index (χ0v) is 14.7. The van der Waals surface area contributed by atoms with Crippen LogP contribution in [0, 0.1) is 0 Å². The first-order valence-electron chi connectivity index (χ1n) is 8.21. The highest BCUT2D eigenvalue weighted by molar-refractivity contribution is 6.08. The summed E-state index contributed by atoms with van der Waals surface area (Å²) < 4.78 is 4.54. The van der Waals surface area contributed by atoms with Crippen molar-refractivity contribution < 1.29 is 29.0 Å². The number of carbonyl (C=O) groups excluding carboxylic acids is 3. The zero-order valence-electron chi connectivity index (χ0n) is 14.7. The minimum atomic E-state index is -1.21. The standard InChI is InChI=1S/C20H19NO6/c1-13(22)27-12-18(23)21-17(20(25)26)11-14-7-9-16(10-8-14)19(24)15-5-3-2-4-6-15/h2-10,17H,11-12H2,1H3,(H,21,23)(H,25,26)/t17-/m0/s1. The molecule has 27 heavy (non-hydrogen) atoms. The molecule has 0 spiro atoms. The second kappa shape index (κ2) is 9.28. The van der Waals surface area contributed by atoms with Gasteiger partial charge in [0.25, 0.3) is 5.91 Å². The molecule has 1 atom stereocenters. The van der Waals surface area contributed by atoms with Crippen LogP contribution >= 0.6 is 0 Å². The van der Waals surface area contributed by atoms with Crippen molar-refractivity contribution in [2.24, 2.45) is 0 Å². The molecule has 0 saturated carbocycles. The summed E-state index contributed by atoms with van der Waals surface area (Å²) in [5.74, 6) is -2.67. The molecule has 2 aromatic carbocycles. The maximum atomic E-state index is 12.4. The van der Waals surface area contributed by atoms with Crippen molar-refractivity contribution >= 4 is 23.6 Å². The quantitative estimate of drug-likeness (QED) is 0.540. The van der Waals surface area contributed by atoms with Crippen LogP contribution in [-0.2, 0) is 25.5 Å². The van der Waals surface area contributed by atoms with Crippen LogP contribution in [0.15, 0.2) is 54.6 Å². The summed E-state index contributed by atoms with van der Waals surface area (Å²) in [5, 5.41) is 11.6. The fraction of sp³-hybridized carbons (Fsp3) is 0.200. The summed E-state index contributed by atoms with van der Waals surface area (Å²) in [4.78, 5) is 46.1. The molecule has 0 radical (unpaired) electrons. The van der Waals surface area contributed by atoms with Gasteiger partial charge in [-0.2, -0.15) is 0 Å². The van der Waals surface area contributed by atoms with Crippen molar-refractivity contribution in [3.05, 3.63) is 71.3 Å². The van der Waals surface area contributed by atoms with E-state index in [9.17, 15) is 24.3 Å². The summed E-state index contributed by atoms with van der Waals surface area (Å²) >= 11 is 0. The molecule has 7 nitrogen and oxygen atoms in total. The lowest BCUT2D eigenvalue weighted by atomic mass is 9.99. The van der Waals surface area contributed by atoms with E-state index in [2.05, 4.69) is 10.1 Å². The lowest BCUT2D eigenvalue weighted by molar-refractivity contribution is -0.148. The molecule has 0 aromatic heterocycles. The number of benzene rings is 2. The van der Waals surface area contributed by atoms with Gasteiger partial charge in [0.1, 0.15) is 6.04 Å². The van der Waals surface area contributed by atoms with Crippen LogP contribution in [0.4, 0.5) is 0 Å². The molecule has 0 unspecified atom stereocenters. The molecule has 0 aliphatic carbocycles. The Labute approximate surface area is 156 Å². The van der Waals surface area contributed by atoms with Crippen LogP contribution in [-0.4, -0.2) is 41.4 Å². The van der Waals surface area contributed by atoms with Crippen LogP contribution in [0.3, 0.4) is 0 Å². The third kappa shape index (κ3) is 6.07. The highest BCUT2D eigenvalue weighted by atomic mass is 16.5. The van der Waals surface area contributed by atoms with E-state index < -0.39 is 30.5 Å². The maximum Gasteiger partial charge on any atom is 0.326 e. The Hall–Kier alpha value is -3.48. The van der Waals surface area contributed by atoms with Gasteiger partial charge in [0.05, 0.1) is 0 Å². The molecule has 0 saturated heterocycles. The molecule has 2 rings (SSSR count). The summed E-state index contributed by atoms with van der Waals surface area (Å²) in [6, 6.07) is 14.1. The maximum absolute atomic E-state index is 12.4. The van der Waals surface area contributed by atoms with Crippen LogP contribution in [0.2, 0.25) is 0 Å². The third-order valence-corrected chi connectivity index (χ3v) is 3.73. The van der Waals surface area contributed by atoms with Crippen molar-refractivity contribution in [3.8, 4) is 0 Å². The first-order valence-corrected chi connectivity index (χ1v) is 8.21. The Morgan fingerprint density at radius 2 is 1.56 bits per heavy atom. The number of carboxylic acid groups (broad SMARTS) is 1. The van der Waals surface area contributed by atoms with Crippen molar-refractivity contribution in [3.63, 3.8) is 0 Å². The van der Waals surface area contributed by atoms with Crippen LogP contribution in [0.5, 0.6) is 0 Å². The lowest BCUT2D eigenvalue weighted by Crippen LogP contribution is -2.44. The van der Waals surface area contributed by atoms with Gasteiger partial charge in [-0.3, -0.25) is 14.4 Å². The monoisotopic (exact) mass is 369 g/mol. The highest BCUT2D eigenvalue weighted by Gasteiger charge is 2.21. The minimum Gasteiger partial charge on any atom is -0.480 e. The second-order valence-corrected chi connectivity index (χ2v) is 5.83. The smallest absolute Gasteiger partial charge is 0.326 e. The topological polar surface area (TPSA) is 110 Å². The lowest BCUT2D eigenvalue weighted by Gasteiger charge is -2.14. The summed E-state index contributed by atoms with van der Waals surface area (Å²) in [5.41, 5.74) is 1.68. The number of aliphatic carboxylic acids is 1. The fourth-order valence-electron chi connectivity index (χ4n) is 2.39. The molecule has 0 fully saturated rings. The summed E-state index contributed by atoms with van der Waals surface area (Å²) in [7, 11) is 0. The van der Waals surface area contributed by atoms with Crippen molar-refractivity contribution in [2.45, 2.75) is 19.4 Å². The van der Waals surface area contributed by atoms with Crippen molar-refractivity contribution in [1.29, 1.82) is 0 Å². The van der Waals surface area contributed by atoms with E-state index in [1.807, 2.05) is 6.07 Å². The average Bonchev–Trinajstić information content (AvgIpc) is 2.66. The number of carboxylic acids is 1. The van der Waals surface area contributed by atoms with Gasteiger partial charge in [0.2, 0.25) is 0 Å². The van der Waals surface area contributed by atoms with Crippen molar-refractivity contribution in [2.75, 3.05) is 6.61 Å². The van der Waals surface area contributed by atoms with Gasteiger partial charge in [0, 0.05) is 24.5 Å². The molecular formula is C20H19NO6. The zero-order chi connectivity index (χ0) is 19.8. The number of nitrogens with one attached hydrogen (secondary N) is 1. The summed E-state index contributed by atoms with van der Waals surface area (Å²) in [6.07, 6.45) is 0.0287. The first kappa shape index (κ1) is 19.8. The molecule has 0 aliphatic rings. The van der Waals surface area contributed by atoms with E-state index >= 15 is 0 Å². The largest absolute Gasteiger partial charge is 0.480 e. The number of amides is 1. The van der Waals surface area contributed by atoms with Gasteiger partial charge in [-0.1, -0.05) is 54.6 Å². The van der Waals surface area contributed by atoms with Crippen molar-refractivity contribution in [1.82, 2.24) is 5.32 Å².